The van der Waals surface area contributed by atoms with Crippen molar-refractivity contribution in [3.05, 3.63) is 48.0 Å². The van der Waals surface area contributed by atoms with Gasteiger partial charge in [0, 0.05) is 18.4 Å². The summed E-state index contributed by atoms with van der Waals surface area (Å²) in [5.74, 6) is -2.43. The number of hydrogen-bond donors (Lipinski definition) is 1. The molecule has 1 aromatic rings. The van der Waals surface area contributed by atoms with E-state index in [1.165, 1.54) is 0 Å². The van der Waals surface area contributed by atoms with Gasteiger partial charge in [-0.05, 0) is 36.7 Å². The highest BCUT2D eigenvalue weighted by atomic mass is 16.4. The van der Waals surface area contributed by atoms with Gasteiger partial charge in [-0.1, -0.05) is 42.5 Å². The molecule has 0 spiro atoms. The third-order valence-corrected chi connectivity index (χ3v) is 4.88. The zero-order valence-electron chi connectivity index (χ0n) is 12.4. The largest absolute Gasteiger partial charge is 0.550 e. The first-order valence-electron chi connectivity index (χ1n) is 7.87. The summed E-state index contributed by atoms with van der Waals surface area (Å²) in [6.45, 7) is 0.528. The van der Waals surface area contributed by atoms with Crippen molar-refractivity contribution in [2.45, 2.75) is 19.3 Å². The van der Waals surface area contributed by atoms with Crippen molar-refractivity contribution >= 4 is 11.9 Å². The van der Waals surface area contributed by atoms with E-state index < -0.39 is 17.8 Å². The molecule has 4 atom stereocenters. The summed E-state index contributed by atoms with van der Waals surface area (Å²) in [7, 11) is 0. The van der Waals surface area contributed by atoms with Crippen LogP contribution in [0.5, 0.6) is 0 Å². The summed E-state index contributed by atoms with van der Waals surface area (Å²) < 4.78 is 0. The monoisotopic (exact) mass is 298 g/mol. The third-order valence-electron chi connectivity index (χ3n) is 4.88. The molecular weight excluding hydrogens is 278 g/mol. The Morgan fingerprint density at radius 1 is 1.05 bits per heavy atom. The molecule has 4 heteroatoms. The number of rotatable bonds is 5. The predicted molar refractivity (Wildman–Crippen MR) is 80.5 cm³/mol. The summed E-state index contributed by atoms with van der Waals surface area (Å²) in [6.07, 6.45) is 6.44. The summed E-state index contributed by atoms with van der Waals surface area (Å²) in [6, 6.07) is 9.92. The fourth-order valence-corrected chi connectivity index (χ4v) is 3.77. The summed E-state index contributed by atoms with van der Waals surface area (Å²) >= 11 is 0. The standard InChI is InChI=1S/C18H21NO3/c20-17(19-11-10-12-4-2-1-3-5-12)15-13-6-8-14(9-7-13)16(15)18(21)22/h1-6,8,13-16H,7,9-11H2,(H,19,20)(H,21,22)/p-1/t13-,14-,15+,16+/m1/s1. The van der Waals surface area contributed by atoms with E-state index in [4.69, 9.17) is 0 Å². The van der Waals surface area contributed by atoms with Gasteiger partial charge in [0.25, 0.3) is 0 Å². The van der Waals surface area contributed by atoms with Gasteiger partial charge in [0.15, 0.2) is 0 Å². The van der Waals surface area contributed by atoms with Gasteiger partial charge >= 0.3 is 0 Å². The number of amides is 1. The van der Waals surface area contributed by atoms with Crippen LogP contribution in [-0.4, -0.2) is 18.4 Å². The summed E-state index contributed by atoms with van der Waals surface area (Å²) in [4.78, 5) is 23.9. The van der Waals surface area contributed by atoms with E-state index in [0.29, 0.717) is 6.54 Å². The summed E-state index contributed by atoms with van der Waals surface area (Å²) in [5.41, 5.74) is 1.16. The van der Waals surface area contributed by atoms with Crippen molar-refractivity contribution in [2.24, 2.45) is 23.7 Å². The molecule has 4 nitrogen and oxygen atoms in total. The van der Waals surface area contributed by atoms with Crippen LogP contribution in [0.4, 0.5) is 0 Å². The molecule has 1 N–H and O–H groups in total. The Morgan fingerprint density at radius 2 is 1.68 bits per heavy atom. The number of benzene rings is 1. The lowest BCUT2D eigenvalue weighted by molar-refractivity contribution is -0.316. The van der Waals surface area contributed by atoms with Crippen LogP contribution in [0, 0.1) is 23.7 Å². The molecule has 2 bridgehead atoms. The maximum atomic E-state index is 12.5. The molecule has 22 heavy (non-hydrogen) atoms. The van der Waals surface area contributed by atoms with Crippen molar-refractivity contribution in [3.63, 3.8) is 0 Å². The zero-order valence-corrected chi connectivity index (χ0v) is 12.4. The van der Waals surface area contributed by atoms with Crippen LogP contribution in [0.25, 0.3) is 0 Å². The van der Waals surface area contributed by atoms with Gasteiger partial charge in [-0.2, -0.15) is 0 Å². The van der Waals surface area contributed by atoms with Crippen molar-refractivity contribution in [1.82, 2.24) is 5.32 Å². The molecule has 3 aliphatic rings. The molecule has 0 aromatic heterocycles. The Morgan fingerprint density at radius 3 is 2.27 bits per heavy atom. The SMILES string of the molecule is O=C([O-])[C@@H]1[C@@H](C(=O)NCCc2ccccc2)[C@@H]2C=C[C@@H]1CC2. The fraction of sp³-hybridized carbons (Fsp3) is 0.444. The fourth-order valence-electron chi connectivity index (χ4n) is 3.77. The first-order valence-corrected chi connectivity index (χ1v) is 7.87. The minimum atomic E-state index is -1.10. The average Bonchev–Trinajstić information content (AvgIpc) is 2.55. The molecule has 1 aromatic carbocycles. The van der Waals surface area contributed by atoms with Gasteiger partial charge in [-0.25, -0.2) is 0 Å². The number of allylic oxidation sites excluding steroid dienone is 2. The van der Waals surface area contributed by atoms with Gasteiger partial charge in [-0.3, -0.25) is 4.79 Å². The number of carboxylic acids is 1. The number of aliphatic carboxylic acids is 1. The second-order valence-corrected chi connectivity index (χ2v) is 6.19. The molecule has 0 heterocycles. The lowest BCUT2D eigenvalue weighted by Gasteiger charge is -2.44. The smallest absolute Gasteiger partial charge is 0.224 e. The Bertz CT molecular complexity index is 581. The van der Waals surface area contributed by atoms with E-state index in [9.17, 15) is 14.7 Å². The van der Waals surface area contributed by atoms with E-state index in [1.54, 1.807) is 0 Å². The maximum absolute atomic E-state index is 12.5. The molecule has 3 aliphatic carbocycles. The molecule has 0 aliphatic heterocycles. The Balaban J connectivity index is 1.61. The van der Waals surface area contributed by atoms with Crippen LogP contribution in [-0.2, 0) is 16.0 Å². The number of fused-ring (bicyclic) bond motifs is 2. The summed E-state index contributed by atoms with van der Waals surface area (Å²) in [5, 5.41) is 14.3. The first kappa shape index (κ1) is 14.8. The van der Waals surface area contributed by atoms with E-state index in [-0.39, 0.29) is 17.7 Å². The van der Waals surface area contributed by atoms with E-state index in [1.807, 2.05) is 42.5 Å². The highest BCUT2D eigenvalue weighted by molar-refractivity contribution is 5.85. The van der Waals surface area contributed by atoms with E-state index in [2.05, 4.69) is 5.32 Å². The van der Waals surface area contributed by atoms with Crippen molar-refractivity contribution in [1.29, 1.82) is 0 Å². The highest BCUT2D eigenvalue weighted by Crippen LogP contribution is 2.44. The van der Waals surface area contributed by atoms with Crippen LogP contribution in [0.15, 0.2) is 42.5 Å². The van der Waals surface area contributed by atoms with E-state index >= 15 is 0 Å². The lowest BCUT2D eigenvalue weighted by atomic mass is 9.62. The number of nitrogens with one attached hydrogen (secondary N) is 1. The van der Waals surface area contributed by atoms with Crippen molar-refractivity contribution in [2.75, 3.05) is 6.54 Å². The molecule has 1 saturated carbocycles. The van der Waals surface area contributed by atoms with Gasteiger partial charge in [0.1, 0.15) is 0 Å². The molecule has 4 rings (SSSR count). The predicted octanol–water partition coefficient (Wildman–Crippen LogP) is 0.924. The number of carboxylic acid groups (broad SMARTS) is 1. The topological polar surface area (TPSA) is 69.2 Å². The molecule has 116 valence electrons. The van der Waals surface area contributed by atoms with Crippen LogP contribution < -0.4 is 10.4 Å². The molecule has 0 saturated heterocycles. The zero-order chi connectivity index (χ0) is 15.5. The average molecular weight is 298 g/mol. The minimum Gasteiger partial charge on any atom is -0.550 e. The normalized spacial score (nSPS) is 29.3. The number of carbonyl (C=O) groups is 2. The van der Waals surface area contributed by atoms with Crippen molar-refractivity contribution < 1.29 is 14.7 Å². The maximum Gasteiger partial charge on any atom is 0.224 e. The van der Waals surface area contributed by atoms with Gasteiger partial charge < -0.3 is 15.2 Å². The second-order valence-electron chi connectivity index (χ2n) is 6.19. The van der Waals surface area contributed by atoms with Gasteiger partial charge in [-0.15, -0.1) is 0 Å². The molecule has 0 radical (unpaired) electrons. The lowest BCUT2D eigenvalue weighted by Crippen LogP contribution is -2.52. The second kappa shape index (κ2) is 6.34. The third kappa shape index (κ3) is 2.91. The Labute approximate surface area is 130 Å². The quantitative estimate of drug-likeness (QED) is 0.822. The minimum absolute atomic E-state index is 0.0321. The van der Waals surface area contributed by atoms with Gasteiger partial charge in [0.2, 0.25) is 5.91 Å². The number of carbonyl (C=O) groups excluding carboxylic acids is 2. The van der Waals surface area contributed by atoms with Crippen LogP contribution >= 0.6 is 0 Å². The highest BCUT2D eigenvalue weighted by Gasteiger charge is 2.44. The van der Waals surface area contributed by atoms with Crippen LogP contribution in [0.1, 0.15) is 18.4 Å². The van der Waals surface area contributed by atoms with E-state index in [0.717, 1.165) is 24.8 Å². The number of hydrogen-bond acceptors (Lipinski definition) is 3. The Hall–Kier alpha value is -2.10. The van der Waals surface area contributed by atoms with Crippen LogP contribution in [0.3, 0.4) is 0 Å². The molecule has 0 unspecified atom stereocenters. The molecular formula is C18H20NO3-. The Kier molecular flexibility index (Phi) is 4.27. The van der Waals surface area contributed by atoms with Crippen LogP contribution in [0.2, 0.25) is 0 Å². The first-order chi connectivity index (χ1) is 10.7. The molecule has 1 fully saturated rings. The molecule has 1 amide bonds. The van der Waals surface area contributed by atoms with Gasteiger partial charge in [0.05, 0.1) is 5.92 Å². The van der Waals surface area contributed by atoms with Crippen molar-refractivity contribution in [3.8, 4) is 0 Å².